The van der Waals surface area contributed by atoms with Crippen LogP contribution in [0.5, 0.6) is 0 Å². The van der Waals surface area contributed by atoms with Gasteiger partial charge in [0.2, 0.25) is 0 Å². The summed E-state index contributed by atoms with van der Waals surface area (Å²) in [5, 5.41) is 9.89. The topological polar surface area (TPSA) is 25.8 Å². The Balaban J connectivity index is 1.93. The number of hydrogen-bond donors (Lipinski definition) is 0. The number of nitrogens with zero attached hydrogens (tertiary/aromatic N) is 2. The van der Waals surface area contributed by atoms with Gasteiger partial charge in [0.05, 0.1) is 7.57 Å². The third-order valence-corrected chi connectivity index (χ3v) is 6.59. The largest absolute Gasteiger partial charge is 0.149 e. The van der Waals surface area contributed by atoms with Crippen molar-refractivity contribution in [3.05, 3.63) is 54.5 Å². The van der Waals surface area contributed by atoms with Crippen molar-refractivity contribution >= 4 is 66.1 Å². The fraction of sp³-hybridized carbons (Fsp3) is 0.0769. The lowest BCUT2D eigenvalue weighted by Crippen LogP contribution is -1.91. The Morgan fingerprint density at radius 3 is 2.45 bits per heavy atom. The van der Waals surface area contributed by atoms with Gasteiger partial charge in [-0.3, -0.25) is 0 Å². The molecule has 0 fully saturated rings. The molecule has 1 unspecified atom stereocenters. The van der Waals surface area contributed by atoms with E-state index in [4.69, 9.17) is 11.6 Å². The van der Waals surface area contributed by atoms with Crippen molar-refractivity contribution in [3.63, 3.8) is 0 Å². The summed E-state index contributed by atoms with van der Waals surface area (Å²) < 4.78 is 2.10. The zero-order chi connectivity index (χ0) is 14.1. The number of halogens is 3. The lowest BCUT2D eigenvalue weighted by Gasteiger charge is -2.04. The first-order chi connectivity index (χ1) is 9.65. The molecular weight excluding hydrogens is 444 g/mol. The van der Waals surface area contributed by atoms with Crippen LogP contribution in [0.2, 0.25) is 0 Å². The Morgan fingerprint density at radius 1 is 1.05 bits per heavy atom. The predicted molar refractivity (Wildman–Crippen MR) is 92.8 cm³/mol. The molecule has 0 radical (unpaired) electrons. The third-order valence-electron chi connectivity index (χ3n) is 2.64. The van der Waals surface area contributed by atoms with Gasteiger partial charge < -0.3 is 0 Å². The van der Waals surface area contributed by atoms with Gasteiger partial charge in [-0.2, -0.15) is 0 Å². The van der Waals surface area contributed by atoms with Gasteiger partial charge in [-0.1, -0.05) is 41.7 Å². The first-order valence-electron chi connectivity index (χ1n) is 5.63. The highest BCUT2D eigenvalue weighted by Gasteiger charge is 2.18. The van der Waals surface area contributed by atoms with Crippen molar-refractivity contribution in [2.45, 2.75) is 5.38 Å². The molecule has 0 bridgehead atoms. The Bertz CT molecular complexity index is 727. The molecule has 2 nitrogen and oxygen atoms in total. The number of thiophene rings is 1. The van der Waals surface area contributed by atoms with Crippen LogP contribution in [0.3, 0.4) is 0 Å². The standard InChI is InChI=1S/C13H7Br2ClN2S2/c14-9-6-8(11(15)19-9)12-17-18-13(20-12)10(16)7-4-2-1-3-5-7/h1-6,10H. The molecule has 102 valence electrons. The molecule has 0 amide bonds. The third kappa shape index (κ3) is 2.99. The summed E-state index contributed by atoms with van der Waals surface area (Å²) in [6, 6.07) is 11.9. The number of rotatable bonds is 3. The van der Waals surface area contributed by atoms with Gasteiger partial charge in [-0.25, -0.2) is 0 Å². The van der Waals surface area contributed by atoms with Crippen molar-refractivity contribution in [2.24, 2.45) is 0 Å². The minimum atomic E-state index is -0.261. The zero-order valence-electron chi connectivity index (χ0n) is 9.89. The van der Waals surface area contributed by atoms with E-state index in [0.29, 0.717) is 0 Å². The number of benzene rings is 1. The summed E-state index contributed by atoms with van der Waals surface area (Å²) >= 11 is 16.6. The molecule has 0 aliphatic heterocycles. The van der Waals surface area contributed by atoms with Gasteiger partial charge in [-0.05, 0) is 43.5 Å². The van der Waals surface area contributed by atoms with Crippen LogP contribution in [0.4, 0.5) is 0 Å². The first kappa shape index (κ1) is 14.7. The fourth-order valence-corrected chi connectivity index (χ4v) is 5.89. The van der Waals surface area contributed by atoms with E-state index in [-0.39, 0.29) is 5.38 Å². The molecule has 0 N–H and O–H groups in total. The van der Waals surface area contributed by atoms with Crippen LogP contribution in [-0.2, 0) is 0 Å². The quantitative estimate of drug-likeness (QED) is 0.449. The summed E-state index contributed by atoms with van der Waals surface area (Å²) in [4.78, 5) is 0. The molecule has 3 rings (SSSR count). The zero-order valence-corrected chi connectivity index (χ0v) is 15.4. The second-order valence-electron chi connectivity index (χ2n) is 3.96. The van der Waals surface area contributed by atoms with E-state index < -0.39 is 0 Å². The molecule has 0 spiro atoms. The maximum atomic E-state index is 6.47. The van der Waals surface area contributed by atoms with Gasteiger partial charge in [0.1, 0.15) is 15.4 Å². The van der Waals surface area contributed by atoms with E-state index in [1.165, 1.54) is 11.3 Å². The Labute approximate surface area is 146 Å². The highest BCUT2D eigenvalue weighted by Crippen LogP contribution is 2.41. The molecule has 20 heavy (non-hydrogen) atoms. The molecule has 0 aliphatic rings. The molecular formula is C13H7Br2ClN2S2. The molecule has 3 aromatic rings. The van der Waals surface area contributed by atoms with E-state index in [1.54, 1.807) is 11.3 Å². The summed E-state index contributed by atoms with van der Waals surface area (Å²) in [5.41, 5.74) is 2.07. The highest BCUT2D eigenvalue weighted by molar-refractivity contribution is 9.12. The van der Waals surface area contributed by atoms with E-state index >= 15 is 0 Å². The molecule has 7 heteroatoms. The number of alkyl halides is 1. The number of aromatic nitrogens is 2. The van der Waals surface area contributed by atoms with Gasteiger partial charge in [0.25, 0.3) is 0 Å². The van der Waals surface area contributed by atoms with Crippen molar-refractivity contribution in [1.29, 1.82) is 0 Å². The summed E-state index contributed by atoms with van der Waals surface area (Å²) in [5.74, 6) is 0. The van der Waals surface area contributed by atoms with Gasteiger partial charge >= 0.3 is 0 Å². The molecule has 2 heterocycles. The lowest BCUT2D eigenvalue weighted by atomic mass is 10.1. The Kier molecular flexibility index (Phi) is 4.57. The molecule has 1 atom stereocenters. The van der Waals surface area contributed by atoms with Crippen molar-refractivity contribution in [1.82, 2.24) is 10.2 Å². The second-order valence-corrected chi connectivity index (χ2v) is 9.15. The maximum Gasteiger partial charge on any atom is 0.149 e. The van der Waals surface area contributed by atoms with Crippen LogP contribution in [-0.4, -0.2) is 10.2 Å². The highest BCUT2D eigenvalue weighted by atomic mass is 79.9. The van der Waals surface area contributed by atoms with E-state index in [9.17, 15) is 0 Å². The molecule has 0 saturated heterocycles. The van der Waals surface area contributed by atoms with E-state index in [1.807, 2.05) is 36.4 Å². The lowest BCUT2D eigenvalue weighted by molar-refractivity contribution is 0.988. The van der Waals surface area contributed by atoms with Crippen LogP contribution in [0.15, 0.2) is 44.0 Å². The van der Waals surface area contributed by atoms with Crippen LogP contribution >= 0.6 is 66.1 Å². The SMILES string of the molecule is ClC(c1ccccc1)c1nnc(-c2cc(Br)sc2Br)s1. The van der Waals surface area contributed by atoms with Gasteiger partial charge in [0, 0.05) is 5.56 Å². The Hall–Kier alpha value is -0.270. The number of hydrogen-bond acceptors (Lipinski definition) is 4. The molecule has 1 aromatic carbocycles. The van der Waals surface area contributed by atoms with Crippen LogP contribution in [0.1, 0.15) is 15.9 Å². The summed E-state index contributed by atoms with van der Waals surface area (Å²) in [6.07, 6.45) is 0. The van der Waals surface area contributed by atoms with Crippen LogP contribution in [0.25, 0.3) is 10.6 Å². The smallest absolute Gasteiger partial charge is 0.141 e. The molecule has 0 saturated carbocycles. The monoisotopic (exact) mass is 448 g/mol. The van der Waals surface area contributed by atoms with E-state index in [2.05, 4.69) is 42.1 Å². The average Bonchev–Trinajstić information content (AvgIpc) is 3.05. The normalized spacial score (nSPS) is 12.6. The van der Waals surface area contributed by atoms with Crippen LogP contribution in [0, 0.1) is 0 Å². The molecule has 0 aliphatic carbocycles. The minimum absolute atomic E-state index is 0.261. The minimum Gasteiger partial charge on any atom is -0.141 e. The predicted octanol–water partition coefficient (Wildman–Crippen LogP) is 6.12. The maximum absolute atomic E-state index is 6.47. The van der Waals surface area contributed by atoms with E-state index in [0.717, 1.165) is 28.7 Å². The summed E-state index contributed by atoms with van der Waals surface area (Å²) in [7, 11) is 0. The first-order valence-corrected chi connectivity index (χ1v) is 9.28. The second kappa shape index (κ2) is 6.23. The van der Waals surface area contributed by atoms with Crippen molar-refractivity contribution in [2.75, 3.05) is 0 Å². The van der Waals surface area contributed by atoms with Crippen LogP contribution < -0.4 is 0 Å². The summed E-state index contributed by atoms with van der Waals surface area (Å²) in [6.45, 7) is 0. The molecule has 2 aromatic heterocycles. The fourth-order valence-electron chi connectivity index (χ4n) is 1.70. The average molecular weight is 451 g/mol. The Morgan fingerprint density at radius 2 is 1.80 bits per heavy atom. The van der Waals surface area contributed by atoms with Gasteiger partial charge in [-0.15, -0.1) is 33.1 Å². The van der Waals surface area contributed by atoms with Gasteiger partial charge in [0.15, 0.2) is 0 Å². The van der Waals surface area contributed by atoms with Crippen molar-refractivity contribution < 1.29 is 0 Å². The van der Waals surface area contributed by atoms with Crippen molar-refractivity contribution in [3.8, 4) is 10.6 Å².